The van der Waals surface area contributed by atoms with Gasteiger partial charge in [-0.3, -0.25) is 4.90 Å². The predicted molar refractivity (Wildman–Crippen MR) is 67.0 cm³/mol. The Hall–Kier alpha value is -1.65. The molecule has 1 aromatic heterocycles. The molecule has 0 amide bonds. The summed E-state index contributed by atoms with van der Waals surface area (Å²) in [6, 6.07) is 10.2. The number of aliphatic hydroxyl groups excluding tert-OH is 1. The second-order valence-corrected chi connectivity index (χ2v) is 4.08. The normalized spacial score (nSPS) is 11.0. The lowest BCUT2D eigenvalue weighted by Gasteiger charge is -2.15. The summed E-state index contributed by atoms with van der Waals surface area (Å²) in [6.45, 7) is 1.71. The van der Waals surface area contributed by atoms with Crippen LogP contribution in [0.2, 0.25) is 0 Å². The largest absolute Gasteiger partial charge is 0.395 e. The van der Waals surface area contributed by atoms with E-state index in [1.807, 2.05) is 36.1 Å². The molecule has 0 saturated heterocycles. The average molecular weight is 231 g/mol. The molecule has 0 fully saturated rings. The zero-order chi connectivity index (χ0) is 12.1. The molecule has 0 radical (unpaired) electrons. The summed E-state index contributed by atoms with van der Waals surface area (Å²) in [6.07, 6.45) is 3.70. The molecule has 2 rings (SSSR count). The first-order valence-electron chi connectivity index (χ1n) is 5.68. The highest BCUT2D eigenvalue weighted by molar-refractivity contribution is 5.34. The van der Waals surface area contributed by atoms with Gasteiger partial charge in [0, 0.05) is 25.5 Å². The summed E-state index contributed by atoms with van der Waals surface area (Å²) in [5.74, 6) is 0. The Morgan fingerprint density at radius 3 is 2.94 bits per heavy atom. The van der Waals surface area contributed by atoms with Crippen LogP contribution in [0.15, 0.2) is 42.7 Å². The van der Waals surface area contributed by atoms with Crippen molar-refractivity contribution < 1.29 is 5.11 Å². The van der Waals surface area contributed by atoms with Gasteiger partial charge in [0.05, 0.1) is 12.3 Å². The lowest BCUT2D eigenvalue weighted by atomic mass is 10.2. The molecule has 4 heteroatoms. The van der Waals surface area contributed by atoms with Gasteiger partial charge < -0.3 is 5.11 Å². The molecule has 17 heavy (non-hydrogen) atoms. The van der Waals surface area contributed by atoms with Crippen molar-refractivity contribution in [2.45, 2.75) is 6.54 Å². The maximum absolute atomic E-state index is 8.86. The van der Waals surface area contributed by atoms with Crippen molar-refractivity contribution in [3.05, 3.63) is 48.3 Å². The molecule has 1 N–H and O–H groups in total. The van der Waals surface area contributed by atoms with Crippen LogP contribution in [-0.4, -0.2) is 40.0 Å². The van der Waals surface area contributed by atoms with Crippen LogP contribution in [0, 0.1) is 0 Å². The van der Waals surface area contributed by atoms with E-state index in [0.717, 1.165) is 12.2 Å². The molecule has 0 aliphatic carbocycles. The second-order valence-electron chi connectivity index (χ2n) is 4.08. The van der Waals surface area contributed by atoms with Crippen molar-refractivity contribution in [2.75, 3.05) is 20.2 Å². The van der Waals surface area contributed by atoms with Gasteiger partial charge in [-0.1, -0.05) is 12.1 Å². The van der Waals surface area contributed by atoms with E-state index in [4.69, 9.17) is 5.11 Å². The van der Waals surface area contributed by atoms with E-state index < -0.39 is 0 Å². The van der Waals surface area contributed by atoms with E-state index >= 15 is 0 Å². The van der Waals surface area contributed by atoms with Crippen molar-refractivity contribution in [2.24, 2.45) is 0 Å². The standard InChI is InChI=1S/C13H17N3O/c1-15(8-9-17)11-12-4-2-5-13(10-12)16-7-3-6-14-16/h2-7,10,17H,8-9,11H2,1H3. The topological polar surface area (TPSA) is 41.3 Å². The summed E-state index contributed by atoms with van der Waals surface area (Å²) < 4.78 is 1.84. The molecular formula is C13H17N3O. The van der Waals surface area contributed by atoms with E-state index in [1.54, 1.807) is 6.20 Å². The van der Waals surface area contributed by atoms with Gasteiger partial charge in [0.2, 0.25) is 0 Å². The number of aromatic nitrogens is 2. The fraction of sp³-hybridized carbons (Fsp3) is 0.308. The highest BCUT2D eigenvalue weighted by Crippen LogP contribution is 2.10. The fourth-order valence-electron chi connectivity index (χ4n) is 1.78. The smallest absolute Gasteiger partial charge is 0.0648 e. The fourth-order valence-corrected chi connectivity index (χ4v) is 1.78. The van der Waals surface area contributed by atoms with Crippen molar-refractivity contribution >= 4 is 0 Å². The van der Waals surface area contributed by atoms with E-state index in [0.29, 0.717) is 6.54 Å². The SMILES string of the molecule is CN(CCO)Cc1cccc(-n2cccn2)c1. The van der Waals surface area contributed by atoms with Crippen LogP contribution in [0.5, 0.6) is 0 Å². The molecule has 1 heterocycles. The van der Waals surface area contributed by atoms with Gasteiger partial charge >= 0.3 is 0 Å². The van der Waals surface area contributed by atoms with Crippen LogP contribution < -0.4 is 0 Å². The quantitative estimate of drug-likeness (QED) is 0.843. The van der Waals surface area contributed by atoms with Gasteiger partial charge in [0.15, 0.2) is 0 Å². The van der Waals surface area contributed by atoms with Crippen molar-refractivity contribution in [1.29, 1.82) is 0 Å². The predicted octanol–water partition coefficient (Wildman–Crippen LogP) is 1.30. The van der Waals surface area contributed by atoms with Gasteiger partial charge in [0.25, 0.3) is 0 Å². The first-order valence-corrected chi connectivity index (χ1v) is 5.68. The zero-order valence-corrected chi connectivity index (χ0v) is 9.95. The lowest BCUT2D eigenvalue weighted by Crippen LogP contribution is -2.21. The number of nitrogens with zero attached hydrogens (tertiary/aromatic N) is 3. The van der Waals surface area contributed by atoms with Gasteiger partial charge in [-0.2, -0.15) is 5.10 Å². The van der Waals surface area contributed by atoms with Crippen molar-refractivity contribution in [3.8, 4) is 5.69 Å². The first kappa shape index (κ1) is 11.8. The number of aliphatic hydroxyl groups is 1. The van der Waals surface area contributed by atoms with Crippen molar-refractivity contribution in [1.82, 2.24) is 14.7 Å². The van der Waals surface area contributed by atoms with Crippen LogP contribution in [0.25, 0.3) is 5.69 Å². The summed E-state index contributed by atoms with van der Waals surface area (Å²) in [7, 11) is 2.00. The molecule has 0 saturated carbocycles. The Morgan fingerprint density at radius 1 is 1.35 bits per heavy atom. The Labute approximate surface area is 101 Å². The molecule has 4 nitrogen and oxygen atoms in total. The maximum atomic E-state index is 8.86. The number of benzene rings is 1. The number of hydrogen-bond acceptors (Lipinski definition) is 3. The number of rotatable bonds is 5. The molecule has 0 bridgehead atoms. The Balaban J connectivity index is 2.12. The van der Waals surface area contributed by atoms with E-state index in [1.165, 1.54) is 5.56 Å². The average Bonchev–Trinajstić information content (AvgIpc) is 2.83. The highest BCUT2D eigenvalue weighted by Gasteiger charge is 2.01. The molecule has 0 aliphatic heterocycles. The van der Waals surface area contributed by atoms with Crippen LogP contribution in [0.3, 0.4) is 0 Å². The van der Waals surface area contributed by atoms with Gasteiger partial charge in [-0.05, 0) is 30.8 Å². The Morgan fingerprint density at radius 2 is 2.24 bits per heavy atom. The Bertz CT molecular complexity index is 453. The molecule has 0 atom stereocenters. The molecule has 90 valence electrons. The van der Waals surface area contributed by atoms with E-state index in [2.05, 4.69) is 22.1 Å². The third kappa shape index (κ3) is 3.15. The van der Waals surface area contributed by atoms with E-state index in [-0.39, 0.29) is 6.61 Å². The summed E-state index contributed by atoms with van der Waals surface area (Å²) >= 11 is 0. The number of likely N-dealkylation sites (N-methyl/N-ethyl adjacent to an activating group) is 1. The van der Waals surface area contributed by atoms with Crippen LogP contribution in [0.4, 0.5) is 0 Å². The molecule has 0 aliphatic rings. The van der Waals surface area contributed by atoms with Gasteiger partial charge in [0.1, 0.15) is 0 Å². The first-order chi connectivity index (χ1) is 8.29. The van der Waals surface area contributed by atoms with Crippen LogP contribution >= 0.6 is 0 Å². The second kappa shape index (κ2) is 5.61. The van der Waals surface area contributed by atoms with Gasteiger partial charge in [-0.25, -0.2) is 4.68 Å². The molecule has 0 spiro atoms. The molecule has 1 aromatic carbocycles. The Kier molecular flexibility index (Phi) is 3.90. The molecule has 2 aromatic rings. The van der Waals surface area contributed by atoms with Crippen LogP contribution in [0.1, 0.15) is 5.56 Å². The summed E-state index contributed by atoms with van der Waals surface area (Å²) in [5.41, 5.74) is 2.28. The number of hydrogen-bond donors (Lipinski definition) is 1. The molecule has 0 unspecified atom stereocenters. The third-order valence-electron chi connectivity index (χ3n) is 2.61. The van der Waals surface area contributed by atoms with Gasteiger partial charge in [-0.15, -0.1) is 0 Å². The lowest BCUT2D eigenvalue weighted by molar-refractivity contribution is 0.217. The monoisotopic (exact) mass is 231 g/mol. The summed E-state index contributed by atoms with van der Waals surface area (Å²) in [4.78, 5) is 2.09. The maximum Gasteiger partial charge on any atom is 0.0648 e. The minimum atomic E-state index is 0.190. The summed E-state index contributed by atoms with van der Waals surface area (Å²) in [5, 5.41) is 13.1. The van der Waals surface area contributed by atoms with Crippen LogP contribution in [-0.2, 0) is 6.54 Å². The minimum Gasteiger partial charge on any atom is -0.395 e. The third-order valence-corrected chi connectivity index (χ3v) is 2.61. The highest BCUT2D eigenvalue weighted by atomic mass is 16.3. The minimum absolute atomic E-state index is 0.190. The zero-order valence-electron chi connectivity index (χ0n) is 9.95. The van der Waals surface area contributed by atoms with Crippen molar-refractivity contribution in [3.63, 3.8) is 0 Å². The van der Waals surface area contributed by atoms with E-state index in [9.17, 15) is 0 Å². The molecular weight excluding hydrogens is 214 g/mol.